The van der Waals surface area contributed by atoms with Crippen molar-refractivity contribution in [1.29, 1.82) is 0 Å². The summed E-state index contributed by atoms with van der Waals surface area (Å²) in [5, 5.41) is 0. The molecule has 0 radical (unpaired) electrons. The highest BCUT2D eigenvalue weighted by atomic mass is 16.6. The van der Waals surface area contributed by atoms with Crippen LogP contribution in [-0.2, 0) is 14.3 Å². The molecule has 3 unspecified atom stereocenters. The van der Waals surface area contributed by atoms with Crippen LogP contribution in [0.1, 0.15) is 16.8 Å². The summed E-state index contributed by atoms with van der Waals surface area (Å²) in [5.41, 5.74) is -1.01. The summed E-state index contributed by atoms with van der Waals surface area (Å²) in [6, 6.07) is 7.82. The second kappa shape index (κ2) is 5.87. The van der Waals surface area contributed by atoms with Crippen molar-refractivity contribution >= 4 is 18.3 Å². The fourth-order valence-corrected chi connectivity index (χ4v) is 3.24. The van der Waals surface area contributed by atoms with Crippen LogP contribution < -0.4 is 0 Å². The Morgan fingerprint density at radius 3 is 2.61 bits per heavy atom. The van der Waals surface area contributed by atoms with Gasteiger partial charge in [-0.25, -0.2) is 9.59 Å². The van der Waals surface area contributed by atoms with Gasteiger partial charge in [0.25, 0.3) is 0 Å². The molecule has 6 heteroatoms. The van der Waals surface area contributed by atoms with Crippen molar-refractivity contribution in [2.24, 2.45) is 5.92 Å². The minimum Gasteiger partial charge on any atom is -0.453 e. The molecule has 2 aliphatic heterocycles. The third-order valence-corrected chi connectivity index (χ3v) is 4.32. The van der Waals surface area contributed by atoms with Crippen LogP contribution in [0, 0.1) is 5.92 Å². The van der Waals surface area contributed by atoms with Gasteiger partial charge in [0.05, 0.1) is 12.7 Å². The van der Waals surface area contributed by atoms with E-state index in [1.807, 2.05) is 6.08 Å². The molecular formula is C17H17NO5. The van der Waals surface area contributed by atoms with Crippen molar-refractivity contribution in [2.75, 3.05) is 13.7 Å². The molecule has 0 N–H and O–H groups in total. The van der Waals surface area contributed by atoms with E-state index >= 15 is 0 Å². The molecule has 3 atom stereocenters. The van der Waals surface area contributed by atoms with Gasteiger partial charge in [-0.3, -0.25) is 9.69 Å². The number of nitrogens with zero attached hydrogens (tertiary/aromatic N) is 1. The highest BCUT2D eigenvalue weighted by molar-refractivity contribution is 5.91. The number of esters is 1. The van der Waals surface area contributed by atoms with E-state index in [2.05, 4.69) is 0 Å². The number of carbonyl (C=O) groups excluding carboxylic acids is 3. The number of rotatable bonds is 3. The van der Waals surface area contributed by atoms with Gasteiger partial charge in [0.2, 0.25) is 0 Å². The van der Waals surface area contributed by atoms with Gasteiger partial charge in [-0.05, 0) is 18.1 Å². The Kier molecular flexibility index (Phi) is 3.90. The summed E-state index contributed by atoms with van der Waals surface area (Å²) in [4.78, 5) is 37.5. The maximum absolute atomic E-state index is 12.4. The molecule has 1 fully saturated rings. The van der Waals surface area contributed by atoms with E-state index in [-0.39, 0.29) is 5.92 Å². The standard InChI is InChI=1S/C17H17NO5/c1-22-16(21)18-10-12-7-8-14(18)17(9-12,11-19)23-15(20)13-5-3-2-4-6-13/h2-8,11-12,14H,9-10H2,1H3. The molecule has 1 aromatic carbocycles. The molecule has 1 aromatic rings. The fourth-order valence-electron chi connectivity index (χ4n) is 3.24. The number of methoxy groups -OCH3 is 1. The predicted octanol–water partition coefficient (Wildman–Crippen LogP) is 1.81. The normalized spacial score (nSPS) is 28.3. The van der Waals surface area contributed by atoms with Gasteiger partial charge in [-0.2, -0.15) is 0 Å². The van der Waals surface area contributed by atoms with E-state index in [4.69, 9.17) is 9.47 Å². The fraction of sp³-hybridized carbons (Fsp3) is 0.353. The van der Waals surface area contributed by atoms with Crippen LogP contribution in [0.3, 0.4) is 0 Å². The molecule has 0 spiro atoms. The van der Waals surface area contributed by atoms with Gasteiger partial charge in [0, 0.05) is 13.0 Å². The molecule has 3 aliphatic rings. The molecule has 6 nitrogen and oxygen atoms in total. The minimum absolute atomic E-state index is 0.0483. The van der Waals surface area contributed by atoms with Gasteiger partial charge >= 0.3 is 12.1 Å². The summed E-state index contributed by atoms with van der Waals surface area (Å²) in [7, 11) is 1.28. The lowest BCUT2D eigenvalue weighted by Crippen LogP contribution is -2.64. The first-order valence-electron chi connectivity index (χ1n) is 7.37. The van der Waals surface area contributed by atoms with Crippen molar-refractivity contribution < 1.29 is 23.9 Å². The predicted molar refractivity (Wildman–Crippen MR) is 80.8 cm³/mol. The Morgan fingerprint density at radius 1 is 1.26 bits per heavy atom. The van der Waals surface area contributed by atoms with E-state index in [0.717, 1.165) is 0 Å². The Labute approximate surface area is 133 Å². The highest BCUT2D eigenvalue weighted by Gasteiger charge is 2.53. The smallest absolute Gasteiger partial charge is 0.410 e. The average Bonchev–Trinajstić information content (AvgIpc) is 2.62. The summed E-state index contributed by atoms with van der Waals surface area (Å²) in [6.45, 7) is 0.451. The quantitative estimate of drug-likeness (QED) is 0.483. The molecule has 0 saturated carbocycles. The van der Waals surface area contributed by atoms with E-state index in [1.165, 1.54) is 12.0 Å². The van der Waals surface area contributed by atoms with Gasteiger partial charge in [-0.15, -0.1) is 0 Å². The first-order chi connectivity index (χ1) is 11.1. The number of hydrogen-bond acceptors (Lipinski definition) is 5. The monoisotopic (exact) mass is 315 g/mol. The lowest BCUT2D eigenvalue weighted by molar-refractivity contribution is -0.138. The van der Waals surface area contributed by atoms with Gasteiger partial charge in [0.1, 0.15) is 6.04 Å². The summed E-state index contributed by atoms with van der Waals surface area (Å²) < 4.78 is 10.3. The Hall–Kier alpha value is -2.63. The number of hydrogen-bond donors (Lipinski definition) is 0. The Bertz CT molecular complexity index is 656. The molecule has 2 bridgehead atoms. The van der Waals surface area contributed by atoms with Crippen molar-refractivity contribution in [2.45, 2.75) is 18.1 Å². The topological polar surface area (TPSA) is 72.9 Å². The van der Waals surface area contributed by atoms with Crippen molar-refractivity contribution in [3.63, 3.8) is 0 Å². The average molecular weight is 315 g/mol. The zero-order valence-electron chi connectivity index (χ0n) is 12.7. The van der Waals surface area contributed by atoms with Crippen LogP contribution in [0.5, 0.6) is 0 Å². The van der Waals surface area contributed by atoms with Gasteiger partial charge in [-0.1, -0.05) is 30.4 Å². The molecule has 1 aliphatic carbocycles. The van der Waals surface area contributed by atoms with E-state index < -0.39 is 23.7 Å². The number of aldehydes is 1. The highest BCUT2D eigenvalue weighted by Crippen LogP contribution is 2.39. The molecule has 23 heavy (non-hydrogen) atoms. The summed E-state index contributed by atoms with van der Waals surface area (Å²) in [6.07, 6.45) is 4.14. The molecule has 1 amide bonds. The lowest BCUT2D eigenvalue weighted by atomic mass is 9.75. The Balaban J connectivity index is 1.89. The van der Waals surface area contributed by atoms with Crippen LogP contribution in [0.25, 0.3) is 0 Å². The molecule has 2 heterocycles. The molecule has 1 saturated heterocycles. The van der Waals surface area contributed by atoms with E-state index in [0.29, 0.717) is 24.8 Å². The first kappa shape index (κ1) is 15.3. The SMILES string of the molecule is COC(=O)N1CC2C=CC1C(C=O)(OC(=O)c1ccccc1)C2. The lowest BCUT2D eigenvalue weighted by Gasteiger charge is -2.49. The van der Waals surface area contributed by atoms with Crippen LogP contribution in [-0.4, -0.2) is 48.5 Å². The number of ether oxygens (including phenoxy) is 2. The summed E-state index contributed by atoms with van der Waals surface area (Å²) in [5.74, 6) is -0.628. The number of fused-ring (bicyclic) bond motifs is 2. The largest absolute Gasteiger partial charge is 0.453 e. The van der Waals surface area contributed by atoms with Crippen LogP contribution in [0.15, 0.2) is 42.5 Å². The van der Waals surface area contributed by atoms with Crippen molar-refractivity contribution in [3.8, 4) is 0 Å². The van der Waals surface area contributed by atoms with E-state index in [9.17, 15) is 14.4 Å². The van der Waals surface area contributed by atoms with E-state index in [1.54, 1.807) is 36.4 Å². The number of benzene rings is 1. The number of amides is 1. The zero-order valence-corrected chi connectivity index (χ0v) is 12.7. The molecule has 0 aromatic heterocycles. The zero-order chi connectivity index (χ0) is 16.4. The third-order valence-electron chi connectivity index (χ3n) is 4.32. The second-order valence-corrected chi connectivity index (χ2v) is 5.74. The van der Waals surface area contributed by atoms with Crippen LogP contribution >= 0.6 is 0 Å². The van der Waals surface area contributed by atoms with Crippen LogP contribution in [0.2, 0.25) is 0 Å². The third kappa shape index (κ3) is 2.60. The van der Waals surface area contributed by atoms with Gasteiger partial charge < -0.3 is 9.47 Å². The Morgan fingerprint density at radius 2 is 2.00 bits per heavy atom. The second-order valence-electron chi connectivity index (χ2n) is 5.74. The maximum Gasteiger partial charge on any atom is 0.410 e. The minimum atomic E-state index is -1.38. The molecule has 4 rings (SSSR count). The summed E-state index contributed by atoms with van der Waals surface area (Å²) >= 11 is 0. The van der Waals surface area contributed by atoms with Gasteiger partial charge in [0.15, 0.2) is 11.9 Å². The van der Waals surface area contributed by atoms with Crippen molar-refractivity contribution in [3.05, 3.63) is 48.0 Å². The number of carbonyl (C=O) groups is 3. The van der Waals surface area contributed by atoms with Crippen LogP contribution in [0.4, 0.5) is 4.79 Å². The molecule has 120 valence electrons. The molecular weight excluding hydrogens is 298 g/mol. The van der Waals surface area contributed by atoms with Crippen molar-refractivity contribution in [1.82, 2.24) is 4.90 Å². The number of piperidine rings is 1. The first-order valence-corrected chi connectivity index (χ1v) is 7.37. The maximum atomic E-state index is 12.4.